The average molecular weight is 411 g/mol. The lowest BCUT2D eigenvalue weighted by atomic mass is 10.1. The van der Waals surface area contributed by atoms with E-state index in [1.807, 2.05) is 60.7 Å². The largest absolute Gasteiger partial charge is 0.444 e. The molecule has 158 valence electrons. The summed E-state index contributed by atoms with van der Waals surface area (Å²) in [6, 6.07) is 18.6. The molecule has 2 aromatic rings. The fourth-order valence-electron chi connectivity index (χ4n) is 2.83. The Hall–Kier alpha value is -3.39. The molecule has 0 atom stereocenters. The number of guanidine groups is 1. The molecular weight excluding hydrogens is 386 g/mol. The first-order valence-electron chi connectivity index (χ1n) is 9.80. The maximum atomic E-state index is 12.2. The molecule has 0 radical (unpaired) electrons. The molecule has 1 aliphatic rings. The number of carbonyl (C=O) groups excluding carboxylic acids is 2. The number of amides is 2. The molecule has 2 amide bonds. The van der Waals surface area contributed by atoms with Crippen molar-refractivity contribution in [2.45, 2.75) is 32.1 Å². The predicted molar refractivity (Wildman–Crippen MR) is 111 cm³/mol. The van der Waals surface area contributed by atoms with Crippen molar-refractivity contribution in [3.8, 4) is 0 Å². The number of aliphatic imine (C=N–C) groups is 1. The number of carbonyl (C=O) groups is 2. The third kappa shape index (κ3) is 7.56. The van der Waals surface area contributed by atoms with Crippen LogP contribution in [0.1, 0.15) is 24.0 Å². The highest BCUT2D eigenvalue weighted by molar-refractivity contribution is 5.98. The van der Waals surface area contributed by atoms with E-state index in [9.17, 15) is 9.59 Å². The van der Waals surface area contributed by atoms with Crippen molar-refractivity contribution in [3.63, 3.8) is 0 Å². The highest BCUT2D eigenvalue weighted by atomic mass is 16.6. The first kappa shape index (κ1) is 21.3. The molecule has 8 heteroatoms. The lowest BCUT2D eigenvalue weighted by molar-refractivity contribution is 0.0821. The van der Waals surface area contributed by atoms with Crippen molar-refractivity contribution in [3.05, 3.63) is 71.8 Å². The molecule has 0 saturated carbocycles. The van der Waals surface area contributed by atoms with Gasteiger partial charge in [0.2, 0.25) is 5.96 Å². The van der Waals surface area contributed by atoms with E-state index in [1.54, 1.807) is 0 Å². The van der Waals surface area contributed by atoms with Gasteiger partial charge in [0.1, 0.15) is 13.2 Å². The molecule has 2 aromatic carbocycles. The normalized spacial score (nSPS) is 14.6. The third-order valence-corrected chi connectivity index (χ3v) is 4.40. The molecule has 8 nitrogen and oxygen atoms in total. The van der Waals surface area contributed by atoms with E-state index in [2.05, 4.69) is 15.6 Å². The maximum absolute atomic E-state index is 12.2. The van der Waals surface area contributed by atoms with Crippen LogP contribution in [0.3, 0.4) is 0 Å². The number of nitrogens with zero attached hydrogens (tertiary/aromatic N) is 1. The fourth-order valence-corrected chi connectivity index (χ4v) is 2.83. The summed E-state index contributed by atoms with van der Waals surface area (Å²) in [5, 5.41) is 5.57. The lowest BCUT2D eigenvalue weighted by Gasteiger charge is -2.24. The number of benzene rings is 2. The monoisotopic (exact) mass is 411 g/mol. The summed E-state index contributed by atoms with van der Waals surface area (Å²) in [5.41, 5.74) is 1.70. The van der Waals surface area contributed by atoms with Crippen molar-refractivity contribution in [1.29, 1.82) is 0 Å². The van der Waals surface area contributed by atoms with Gasteiger partial charge in [0, 0.05) is 19.3 Å². The molecule has 1 saturated heterocycles. The molecule has 30 heavy (non-hydrogen) atoms. The second-order valence-electron chi connectivity index (χ2n) is 6.72. The number of hydrogen-bond donors (Lipinski definition) is 2. The van der Waals surface area contributed by atoms with E-state index in [0.717, 1.165) is 24.0 Å². The Kier molecular flexibility index (Phi) is 8.23. The number of nitrogens with one attached hydrogen (secondary N) is 2. The molecule has 3 rings (SSSR count). The average Bonchev–Trinajstić information content (AvgIpc) is 2.78. The number of hydrogen-bond acceptors (Lipinski definition) is 5. The predicted octanol–water partition coefficient (Wildman–Crippen LogP) is 3.37. The van der Waals surface area contributed by atoms with Gasteiger partial charge in [0.25, 0.3) is 0 Å². The zero-order valence-electron chi connectivity index (χ0n) is 16.6. The van der Waals surface area contributed by atoms with E-state index in [4.69, 9.17) is 14.2 Å². The van der Waals surface area contributed by atoms with Crippen LogP contribution in [0.4, 0.5) is 9.59 Å². The summed E-state index contributed by atoms with van der Waals surface area (Å²) in [5.74, 6) is -0.00183. The number of ether oxygens (including phenoxy) is 3. The summed E-state index contributed by atoms with van der Waals surface area (Å²) >= 11 is 0. The minimum Gasteiger partial charge on any atom is -0.444 e. The highest BCUT2D eigenvalue weighted by Crippen LogP contribution is 2.07. The van der Waals surface area contributed by atoms with Crippen molar-refractivity contribution in [2.75, 3.05) is 13.2 Å². The fraction of sp³-hybridized carbons (Fsp3) is 0.318. The smallest absolute Gasteiger partial charge is 0.437 e. The van der Waals surface area contributed by atoms with Gasteiger partial charge in [-0.2, -0.15) is 0 Å². The van der Waals surface area contributed by atoms with Crippen molar-refractivity contribution in [2.24, 2.45) is 4.99 Å². The van der Waals surface area contributed by atoms with Gasteiger partial charge in [-0.05, 0) is 24.0 Å². The summed E-state index contributed by atoms with van der Waals surface area (Å²) in [6.45, 7) is 1.39. The van der Waals surface area contributed by atoms with Crippen LogP contribution in [0.2, 0.25) is 0 Å². The van der Waals surface area contributed by atoms with Crippen LogP contribution >= 0.6 is 0 Å². The Morgan fingerprint density at radius 3 is 2.07 bits per heavy atom. The SMILES string of the molecule is O=C(/N=C(/NC(=O)OCc1ccccc1)NC1CCOCC1)OCc1ccccc1. The van der Waals surface area contributed by atoms with Gasteiger partial charge < -0.3 is 19.5 Å². The van der Waals surface area contributed by atoms with Gasteiger partial charge >= 0.3 is 12.2 Å². The molecule has 0 unspecified atom stereocenters. The Labute approximate surface area is 175 Å². The van der Waals surface area contributed by atoms with Crippen LogP contribution in [0, 0.1) is 0 Å². The van der Waals surface area contributed by atoms with Crippen molar-refractivity contribution in [1.82, 2.24) is 10.6 Å². The Morgan fingerprint density at radius 1 is 0.900 bits per heavy atom. The lowest BCUT2D eigenvalue weighted by Crippen LogP contribution is -2.48. The van der Waals surface area contributed by atoms with E-state index >= 15 is 0 Å². The van der Waals surface area contributed by atoms with E-state index in [1.165, 1.54) is 0 Å². The van der Waals surface area contributed by atoms with Crippen LogP contribution in [0.25, 0.3) is 0 Å². The van der Waals surface area contributed by atoms with Crippen LogP contribution in [-0.4, -0.2) is 37.4 Å². The Morgan fingerprint density at radius 2 is 1.47 bits per heavy atom. The van der Waals surface area contributed by atoms with Gasteiger partial charge in [-0.3, -0.25) is 5.32 Å². The van der Waals surface area contributed by atoms with Crippen LogP contribution < -0.4 is 10.6 Å². The van der Waals surface area contributed by atoms with Crippen molar-refractivity contribution >= 4 is 18.1 Å². The number of alkyl carbamates (subject to hydrolysis) is 1. The maximum Gasteiger partial charge on any atom is 0.437 e. The summed E-state index contributed by atoms with van der Waals surface area (Å²) < 4.78 is 15.7. The van der Waals surface area contributed by atoms with Crippen LogP contribution in [0.5, 0.6) is 0 Å². The Balaban J connectivity index is 1.57. The molecule has 0 bridgehead atoms. The first-order chi connectivity index (χ1) is 14.7. The van der Waals surface area contributed by atoms with Crippen LogP contribution in [0.15, 0.2) is 65.7 Å². The summed E-state index contributed by atoms with van der Waals surface area (Å²) in [7, 11) is 0. The Bertz CT molecular complexity index is 836. The molecule has 2 N–H and O–H groups in total. The zero-order valence-corrected chi connectivity index (χ0v) is 16.6. The second-order valence-corrected chi connectivity index (χ2v) is 6.72. The highest BCUT2D eigenvalue weighted by Gasteiger charge is 2.18. The molecule has 1 heterocycles. The second kappa shape index (κ2) is 11.6. The van der Waals surface area contributed by atoms with Gasteiger partial charge in [0.15, 0.2) is 0 Å². The minimum absolute atomic E-state index is 0.00183. The van der Waals surface area contributed by atoms with Gasteiger partial charge in [0.05, 0.1) is 0 Å². The summed E-state index contributed by atoms with van der Waals surface area (Å²) in [4.78, 5) is 28.2. The molecule has 1 fully saturated rings. The van der Waals surface area contributed by atoms with Gasteiger partial charge in [-0.1, -0.05) is 60.7 Å². The van der Waals surface area contributed by atoms with E-state index in [0.29, 0.717) is 13.2 Å². The molecule has 0 aromatic heterocycles. The van der Waals surface area contributed by atoms with Crippen LogP contribution in [-0.2, 0) is 27.4 Å². The summed E-state index contributed by atoms with van der Waals surface area (Å²) in [6.07, 6.45) is -0.0534. The van der Waals surface area contributed by atoms with E-state index < -0.39 is 12.2 Å². The van der Waals surface area contributed by atoms with E-state index in [-0.39, 0.29) is 25.2 Å². The quantitative estimate of drug-likeness (QED) is 0.578. The molecule has 0 spiro atoms. The number of rotatable bonds is 5. The standard InChI is InChI=1S/C22H25N3O5/c26-21(29-15-17-7-3-1-4-8-17)24-20(23-19-11-13-28-14-12-19)25-22(27)30-16-18-9-5-2-6-10-18/h1-10,19H,11-16H2,(H2,23,24,25,26,27). The zero-order chi connectivity index (χ0) is 21.0. The molecule has 1 aliphatic heterocycles. The molecule has 0 aliphatic carbocycles. The molecular formula is C22H25N3O5. The third-order valence-electron chi connectivity index (χ3n) is 4.40. The topological polar surface area (TPSA) is 98.3 Å². The van der Waals surface area contributed by atoms with Crippen molar-refractivity contribution < 1.29 is 23.8 Å². The first-order valence-corrected chi connectivity index (χ1v) is 9.80. The van der Waals surface area contributed by atoms with Gasteiger partial charge in [-0.15, -0.1) is 4.99 Å². The van der Waals surface area contributed by atoms with Gasteiger partial charge in [-0.25, -0.2) is 9.59 Å². The minimum atomic E-state index is -0.809.